The lowest BCUT2D eigenvalue weighted by atomic mass is 10.3. The first-order valence-electron chi connectivity index (χ1n) is 7.04. The number of hydrogen-bond donors (Lipinski definition) is 2. The van der Waals surface area contributed by atoms with Gasteiger partial charge in [0.05, 0.1) is 13.1 Å². The molecule has 2 aromatic rings. The Morgan fingerprint density at radius 1 is 0.909 bits per heavy atom. The van der Waals surface area contributed by atoms with Gasteiger partial charge in [-0.25, -0.2) is 9.97 Å². The third kappa shape index (κ3) is 4.44. The van der Waals surface area contributed by atoms with E-state index in [4.69, 9.17) is 0 Å². The summed E-state index contributed by atoms with van der Waals surface area (Å²) in [4.78, 5) is 40.9. The predicted molar refractivity (Wildman–Crippen MR) is 79.4 cm³/mol. The van der Waals surface area contributed by atoms with Crippen molar-refractivity contribution in [2.75, 3.05) is 13.1 Å². The van der Waals surface area contributed by atoms with Crippen molar-refractivity contribution in [3.8, 4) is 0 Å². The first-order chi connectivity index (χ1) is 10.6. The van der Waals surface area contributed by atoms with E-state index in [0.29, 0.717) is 26.2 Å². The Morgan fingerprint density at radius 3 is 1.59 bits per heavy atom. The lowest BCUT2D eigenvalue weighted by Gasteiger charge is -2.25. The Hall–Kier alpha value is -2.64. The van der Waals surface area contributed by atoms with Crippen molar-refractivity contribution in [1.29, 1.82) is 0 Å². The molecule has 2 aromatic heterocycles. The monoisotopic (exact) mass is 304 g/mol. The zero-order valence-electron chi connectivity index (χ0n) is 12.7. The van der Waals surface area contributed by atoms with Crippen molar-refractivity contribution >= 4 is 11.8 Å². The number of aromatic nitrogens is 4. The van der Waals surface area contributed by atoms with E-state index in [-0.39, 0.29) is 11.8 Å². The standard InChI is InChI=1S/C14H20N6O2/c1-11(21)19(9-13-15-3-4-16-13)7-8-20(12(2)22)10-14-17-5-6-18-14/h3-6H,7-10H2,1-2H3,(H,15,16)(H,17,18). The molecule has 118 valence electrons. The van der Waals surface area contributed by atoms with E-state index in [1.54, 1.807) is 34.6 Å². The molecule has 0 atom stereocenters. The second kappa shape index (κ2) is 7.39. The molecule has 0 aliphatic carbocycles. The molecule has 2 rings (SSSR count). The first kappa shape index (κ1) is 15.7. The molecule has 0 aromatic carbocycles. The number of nitrogens with zero attached hydrogens (tertiary/aromatic N) is 4. The molecule has 0 saturated carbocycles. The van der Waals surface area contributed by atoms with Crippen LogP contribution in [0.4, 0.5) is 0 Å². The normalized spacial score (nSPS) is 10.5. The van der Waals surface area contributed by atoms with Gasteiger partial charge in [0.1, 0.15) is 11.6 Å². The zero-order valence-corrected chi connectivity index (χ0v) is 12.7. The van der Waals surface area contributed by atoms with Gasteiger partial charge in [0.15, 0.2) is 0 Å². The van der Waals surface area contributed by atoms with Crippen LogP contribution in [0.25, 0.3) is 0 Å². The number of imidazole rings is 2. The lowest BCUT2D eigenvalue weighted by molar-refractivity contribution is -0.133. The van der Waals surface area contributed by atoms with Crippen molar-refractivity contribution < 1.29 is 9.59 Å². The van der Waals surface area contributed by atoms with Crippen LogP contribution >= 0.6 is 0 Å². The van der Waals surface area contributed by atoms with Crippen molar-refractivity contribution in [3.63, 3.8) is 0 Å². The number of carbonyl (C=O) groups excluding carboxylic acids is 2. The van der Waals surface area contributed by atoms with Gasteiger partial charge >= 0.3 is 0 Å². The third-order valence-electron chi connectivity index (χ3n) is 3.32. The second-order valence-corrected chi connectivity index (χ2v) is 4.95. The molecule has 0 unspecified atom stereocenters. The Bertz CT molecular complexity index is 539. The van der Waals surface area contributed by atoms with Gasteiger partial charge in [0, 0.05) is 51.7 Å². The van der Waals surface area contributed by atoms with Gasteiger partial charge in [-0.2, -0.15) is 0 Å². The highest BCUT2D eigenvalue weighted by molar-refractivity contribution is 5.74. The number of hydrogen-bond acceptors (Lipinski definition) is 4. The fraction of sp³-hybridized carbons (Fsp3) is 0.429. The van der Waals surface area contributed by atoms with Crippen molar-refractivity contribution in [3.05, 3.63) is 36.4 Å². The van der Waals surface area contributed by atoms with E-state index in [1.165, 1.54) is 13.8 Å². The number of nitrogens with one attached hydrogen (secondary N) is 2. The largest absolute Gasteiger partial charge is 0.347 e. The molecular formula is C14H20N6O2. The van der Waals surface area contributed by atoms with Gasteiger partial charge in [0.25, 0.3) is 0 Å². The molecular weight excluding hydrogens is 284 g/mol. The minimum absolute atomic E-state index is 0.0575. The summed E-state index contributed by atoms with van der Waals surface area (Å²) < 4.78 is 0. The van der Waals surface area contributed by atoms with Crippen molar-refractivity contribution in [2.24, 2.45) is 0 Å². The van der Waals surface area contributed by atoms with Gasteiger partial charge < -0.3 is 19.8 Å². The molecule has 2 N–H and O–H groups in total. The van der Waals surface area contributed by atoms with E-state index in [0.717, 1.165) is 11.6 Å². The quantitative estimate of drug-likeness (QED) is 0.779. The molecule has 0 aliphatic rings. The van der Waals surface area contributed by atoms with E-state index < -0.39 is 0 Å². The number of H-pyrrole nitrogens is 2. The van der Waals surface area contributed by atoms with Crippen LogP contribution in [-0.4, -0.2) is 54.6 Å². The molecule has 2 amide bonds. The summed E-state index contributed by atoms with van der Waals surface area (Å²) in [5.74, 6) is 1.32. The number of amides is 2. The maximum atomic E-state index is 11.7. The van der Waals surface area contributed by atoms with Crippen molar-refractivity contribution in [1.82, 2.24) is 29.7 Å². The summed E-state index contributed by atoms with van der Waals surface area (Å²) in [6.45, 7) is 4.69. The summed E-state index contributed by atoms with van der Waals surface area (Å²) >= 11 is 0. The maximum Gasteiger partial charge on any atom is 0.219 e. The minimum atomic E-state index is -0.0575. The Morgan fingerprint density at radius 2 is 1.32 bits per heavy atom. The predicted octanol–water partition coefficient (Wildman–Crippen LogP) is 0.530. The molecule has 0 radical (unpaired) electrons. The Kier molecular flexibility index (Phi) is 5.29. The van der Waals surface area contributed by atoms with Crippen LogP contribution in [-0.2, 0) is 22.7 Å². The van der Waals surface area contributed by atoms with Gasteiger partial charge in [-0.1, -0.05) is 0 Å². The fourth-order valence-corrected chi connectivity index (χ4v) is 2.07. The van der Waals surface area contributed by atoms with Gasteiger partial charge in [0.2, 0.25) is 11.8 Å². The molecule has 2 heterocycles. The van der Waals surface area contributed by atoms with Gasteiger partial charge in [-0.05, 0) is 0 Å². The Balaban J connectivity index is 1.93. The summed E-state index contributed by atoms with van der Waals surface area (Å²) in [7, 11) is 0. The summed E-state index contributed by atoms with van der Waals surface area (Å²) in [6.07, 6.45) is 6.72. The number of aromatic amines is 2. The van der Waals surface area contributed by atoms with Gasteiger partial charge in [-0.3, -0.25) is 9.59 Å². The molecule has 0 bridgehead atoms. The van der Waals surface area contributed by atoms with Crippen LogP contribution in [0.3, 0.4) is 0 Å². The Labute approximate surface area is 128 Å². The van der Waals surface area contributed by atoms with Crippen LogP contribution in [0.1, 0.15) is 25.5 Å². The van der Waals surface area contributed by atoms with E-state index in [1.807, 2.05) is 0 Å². The highest BCUT2D eigenvalue weighted by Gasteiger charge is 2.15. The summed E-state index contributed by atoms with van der Waals surface area (Å²) in [5.41, 5.74) is 0. The smallest absolute Gasteiger partial charge is 0.219 e. The van der Waals surface area contributed by atoms with E-state index in [9.17, 15) is 9.59 Å². The topological polar surface area (TPSA) is 98.0 Å². The average Bonchev–Trinajstić information content (AvgIpc) is 3.14. The van der Waals surface area contributed by atoms with Crippen LogP contribution in [0.2, 0.25) is 0 Å². The summed E-state index contributed by atoms with van der Waals surface area (Å²) in [6, 6.07) is 0. The minimum Gasteiger partial charge on any atom is -0.347 e. The number of rotatable bonds is 7. The maximum absolute atomic E-state index is 11.7. The summed E-state index contributed by atoms with van der Waals surface area (Å²) in [5, 5.41) is 0. The zero-order chi connectivity index (χ0) is 15.9. The molecule has 8 heteroatoms. The SMILES string of the molecule is CC(=O)N(CCN(Cc1ncc[nH]1)C(C)=O)Cc1ncc[nH]1. The fourth-order valence-electron chi connectivity index (χ4n) is 2.07. The van der Waals surface area contributed by atoms with Crippen LogP contribution < -0.4 is 0 Å². The van der Waals surface area contributed by atoms with Crippen LogP contribution in [0.5, 0.6) is 0 Å². The molecule has 8 nitrogen and oxygen atoms in total. The lowest BCUT2D eigenvalue weighted by Crippen LogP contribution is -2.39. The van der Waals surface area contributed by atoms with E-state index in [2.05, 4.69) is 19.9 Å². The molecule has 0 saturated heterocycles. The van der Waals surface area contributed by atoms with Crippen LogP contribution in [0.15, 0.2) is 24.8 Å². The van der Waals surface area contributed by atoms with Crippen molar-refractivity contribution in [2.45, 2.75) is 26.9 Å². The van der Waals surface area contributed by atoms with Gasteiger partial charge in [-0.15, -0.1) is 0 Å². The third-order valence-corrected chi connectivity index (χ3v) is 3.32. The highest BCUT2D eigenvalue weighted by atomic mass is 16.2. The second-order valence-electron chi connectivity index (χ2n) is 4.95. The molecule has 22 heavy (non-hydrogen) atoms. The molecule has 0 aliphatic heterocycles. The van der Waals surface area contributed by atoms with E-state index >= 15 is 0 Å². The molecule has 0 fully saturated rings. The highest BCUT2D eigenvalue weighted by Crippen LogP contribution is 2.03. The average molecular weight is 304 g/mol. The number of carbonyl (C=O) groups is 2. The van der Waals surface area contributed by atoms with Crippen LogP contribution in [0, 0.1) is 0 Å². The first-order valence-corrected chi connectivity index (χ1v) is 7.04. The molecule has 0 spiro atoms.